The van der Waals surface area contributed by atoms with Crippen LogP contribution in [-0.4, -0.2) is 30.8 Å². The minimum atomic E-state index is -0.687. The molecule has 0 saturated carbocycles. The molecule has 0 bridgehead atoms. The van der Waals surface area contributed by atoms with Gasteiger partial charge in [0.25, 0.3) is 0 Å². The second-order valence-electron chi connectivity index (χ2n) is 7.49. The second kappa shape index (κ2) is 9.43. The van der Waals surface area contributed by atoms with Gasteiger partial charge in [0.1, 0.15) is 23.8 Å². The van der Waals surface area contributed by atoms with Gasteiger partial charge in [-0.25, -0.2) is 9.78 Å². The van der Waals surface area contributed by atoms with Crippen LogP contribution in [0.4, 0.5) is 0 Å². The molecule has 1 aromatic heterocycles. The van der Waals surface area contributed by atoms with E-state index >= 15 is 0 Å². The summed E-state index contributed by atoms with van der Waals surface area (Å²) in [6.45, 7) is 10.5. The third kappa shape index (κ3) is 5.72. The Morgan fingerprint density at radius 2 is 2.04 bits per heavy atom. The van der Waals surface area contributed by atoms with Crippen molar-refractivity contribution < 1.29 is 23.4 Å². The molecule has 0 unspecified atom stereocenters. The average Bonchev–Trinajstić information content (AvgIpc) is 3.02. The Labute approximate surface area is 171 Å². The van der Waals surface area contributed by atoms with E-state index < -0.39 is 12.1 Å². The van der Waals surface area contributed by atoms with E-state index in [1.165, 1.54) is 7.11 Å². The fraction of sp³-hybridized carbons (Fsp3) is 0.524. The molecule has 28 heavy (non-hydrogen) atoms. The summed E-state index contributed by atoms with van der Waals surface area (Å²) >= 11 is 6.38. The van der Waals surface area contributed by atoms with Crippen LogP contribution in [0.5, 0.6) is 5.75 Å². The first kappa shape index (κ1) is 22.2. The number of rotatable bonds is 8. The van der Waals surface area contributed by atoms with Crippen molar-refractivity contribution in [2.75, 3.05) is 13.7 Å². The van der Waals surface area contributed by atoms with Crippen molar-refractivity contribution in [2.24, 2.45) is 0 Å². The van der Waals surface area contributed by atoms with Crippen LogP contribution in [-0.2, 0) is 32.7 Å². The van der Waals surface area contributed by atoms with Crippen molar-refractivity contribution >= 4 is 17.6 Å². The molecule has 0 saturated heterocycles. The summed E-state index contributed by atoms with van der Waals surface area (Å²) in [6.07, 6.45) is -0.357. The molecule has 2 aromatic rings. The summed E-state index contributed by atoms with van der Waals surface area (Å²) in [7, 11) is 1.34. The molecular formula is C21H28ClNO5. The van der Waals surface area contributed by atoms with Crippen molar-refractivity contribution in [3.05, 3.63) is 46.1 Å². The predicted octanol–water partition coefficient (Wildman–Crippen LogP) is 4.63. The van der Waals surface area contributed by atoms with Gasteiger partial charge in [-0.05, 0) is 31.5 Å². The summed E-state index contributed by atoms with van der Waals surface area (Å²) in [5.74, 6) is 1.61. The highest BCUT2D eigenvalue weighted by Crippen LogP contribution is 2.27. The van der Waals surface area contributed by atoms with Crippen LogP contribution < -0.4 is 4.74 Å². The van der Waals surface area contributed by atoms with E-state index in [1.54, 1.807) is 6.07 Å². The molecule has 0 radical (unpaired) electrons. The first-order valence-electron chi connectivity index (χ1n) is 9.23. The lowest BCUT2D eigenvalue weighted by molar-refractivity contribution is -0.153. The molecule has 0 spiro atoms. The van der Waals surface area contributed by atoms with E-state index in [1.807, 2.05) is 46.8 Å². The van der Waals surface area contributed by atoms with E-state index in [9.17, 15) is 4.79 Å². The summed E-state index contributed by atoms with van der Waals surface area (Å²) in [5, 5.41) is 0.498. The lowest BCUT2D eigenvalue weighted by atomic mass is 9.97. The van der Waals surface area contributed by atoms with Gasteiger partial charge in [0, 0.05) is 23.5 Å². The van der Waals surface area contributed by atoms with Gasteiger partial charge in [-0.2, -0.15) is 0 Å². The minimum Gasteiger partial charge on any atom is -0.487 e. The number of nitrogens with zero attached hydrogens (tertiary/aromatic N) is 1. The summed E-state index contributed by atoms with van der Waals surface area (Å²) in [5.41, 5.74) is 1.38. The Hall–Kier alpha value is -2.05. The van der Waals surface area contributed by atoms with Crippen molar-refractivity contribution in [3.8, 4) is 5.75 Å². The fourth-order valence-corrected chi connectivity index (χ4v) is 2.81. The van der Waals surface area contributed by atoms with E-state index in [2.05, 4.69) is 4.98 Å². The maximum atomic E-state index is 11.8. The summed E-state index contributed by atoms with van der Waals surface area (Å²) < 4.78 is 21.8. The first-order chi connectivity index (χ1) is 13.2. The standard InChI is InChI=1S/C21H28ClNO5/c1-7-26-18(19(24)25-6)10-14-8-9-15(11-16(14)22)27-12-17-13(2)28-20(23-17)21(3,4)5/h8-9,11,18H,7,10,12H2,1-6H3/t18-/m0/s1. The van der Waals surface area contributed by atoms with Crippen molar-refractivity contribution in [2.45, 2.75) is 59.2 Å². The van der Waals surface area contributed by atoms with Gasteiger partial charge in [0.15, 0.2) is 12.0 Å². The maximum Gasteiger partial charge on any atom is 0.335 e. The van der Waals surface area contributed by atoms with Crippen LogP contribution in [0, 0.1) is 6.92 Å². The number of oxazole rings is 1. The van der Waals surface area contributed by atoms with E-state index in [0.717, 1.165) is 17.0 Å². The van der Waals surface area contributed by atoms with E-state index in [4.69, 9.17) is 30.2 Å². The molecule has 0 aliphatic carbocycles. The van der Waals surface area contributed by atoms with E-state index in [-0.39, 0.29) is 12.0 Å². The number of hydrogen-bond acceptors (Lipinski definition) is 6. The maximum absolute atomic E-state index is 11.8. The zero-order valence-corrected chi connectivity index (χ0v) is 18.1. The van der Waals surface area contributed by atoms with Crippen LogP contribution in [0.15, 0.2) is 22.6 Å². The number of halogens is 1. The number of benzene rings is 1. The number of esters is 1. The number of aryl methyl sites for hydroxylation is 1. The molecule has 0 N–H and O–H groups in total. The number of methoxy groups -OCH3 is 1. The molecule has 0 fully saturated rings. The van der Waals surface area contributed by atoms with Gasteiger partial charge < -0.3 is 18.6 Å². The molecule has 1 atom stereocenters. The molecule has 154 valence electrons. The number of carbonyl (C=O) groups excluding carboxylic acids is 1. The molecule has 0 aliphatic rings. The number of ether oxygens (including phenoxy) is 3. The molecular weight excluding hydrogens is 382 g/mol. The zero-order chi connectivity index (χ0) is 20.9. The Morgan fingerprint density at radius 3 is 2.57 bits per heavy atom. The molecule has 6 nitrogen and oxygen atoms in total. The second-order valence-corrected chi connectivity index (χ2v) is 7.89. The minimum absolute atomic E-state index is 0.162. The van der Waals surface area contributed by atoms with Crippen LogP contribution in [0.25, 0.3) is 0 Å². The largest absolute Gasteiger partial charge is 0.487 e. The summed E-state index contributed by atoms with van der Waals surface area (Å²) in [4.78, 5) is 16.3. The number of carbonyl (C=O) groups is 1. The molecule has 0 aliphatic heterocycles. The molecule has 1 heterocycles. The van der Waals surface area contributed by atoms with Gasteiger partial charge in [-0.15, -0.1) is 0 Å². The average molecular weight is 410 g/mol. The monoisotopic (exact) mass is 409 g/mol. The summed E-state index contributed by atoms with van der Waals surface area (Å²) in [6, 6.07) is 5.35. The van der Waals surface area contributed by atoms with Crippen LogP contribution in [0.1, 0.15) is 50.6 Å². The van der Waals surface area contributed by atoms with Gasteiger partial charge in [-0.1, -0.05) is 38.4 Å². The topological polar surface area (TPSA) is 70.8 Å². The molecule has 1 aromatic carbocycles. The highest BCUT2D eigenvalue weighted by atomic mass is 35.5. The van der Waals surface area contributed by atoms with Gasteiger partial charge >= 0.3 is 5.97 Å². The van der Waals surface area contributed by atoms with Gasteiger partial charge in [-0.3, -0.25) is 0 Å². The van der Waals surface area contributed by atoms with Gasteiger partial charge in [0.05, 0.1) is 7.11 Å². The zero-order valence-electron chi connectivity index (χ0n) is 17.3. The highest BCUT2D eigenvalue weighted by Gasteiger charge is 2.23. The van der Waals surface area contributed by atoms with Crippen molar-refractivity contribution in [1.82, 2.24) is 4.98 Å². The molecule has 0 amide bonds. The Bertz CT molecular complexity index is 810. The number of hydrogen-bond donors (Lipinski definition) is 0. The SMILES string of the molecule is CCO[C@@H](Cc1ccc(OCc2nc(C(C)(C)C)oc2C)cc1Cl)C(=O)OC. The van der Waals surface area contributed by atoms with Crippen LogP contribution in [0.3, 0.4) is 0 Å². The van der Waals surface area contributed by atoms with Crippen LogP contribution in [0.2, 0.25) is 5.02 Å². The first-order valence-corrected chi connectivity index (χ1v) is 9.61. The predicted molar refractivity (Wildman–Crippen MR) is 107 cm³/mol. The normalized spacial score (nSPS) is 12.7. The lowest BCUT2D eigenvalue weighted by Crippen LogP contribution is -2.28. The van der Waals surface area contributed by atoms with Crippen molar-refractivity contribution in [3.63, 3.8) is 0 Å². The quantitative estimate of drug-likeness (QED) is 0.592. The van der Waals surface area contributed by atoms with E-state index in [0.29, 0.717) is 29.7 Å². The highest BCUT2D eigenvalue weighted by molar-refractivity contribution is 6.31. The third-order valence-corrected chi connectivity index (χ3v) is 4.52. The third-order valence-electron chi connectivity index (χ3n) is 4.17. The number of aromatic nitrogens is 1. The van der Waals surface area contributed by atoms with Crippen LogP contribution >= 0.6 is 11.6 Å². The van der Waals surface area contributed by atoms with Gasteiger partial charge in [0.2, 0.25) is 0 Å². The fourth-order valence-electron chi connectivity index (χ4n) is 2.56. The Kier molecular flexibility index (Phi) is 7.49. The molecule has 7 heteroatoms. The molecule has 2 rings (SSSR count). The lowest BCUT2D eigenvalue weighted by Gasteiger charge is -2.16. The van der Waals surface area contributed by atoms with Crippen molar-refractivity contribution in [1.29, 1.82) is 0 Å². The Morgan fingerprint density at radius 1 is 1.32 bits per heavy atom. The Balaban J connectivity index is 2.06. The smallest absolute Gasteiger partial charge is 0.335 e.